The summed E-state index contributed by atoms with van der Waals surface area (Å²) in [4.78, 5) is 0. The van der Waals surface area contributed by atoms with E-state index in [-0.39, 0.29) is 98.2 Å². The molecule has 0 aliphatic carbocycles. The van der Waals surface area contributed by atoms with Gasteiger partial charge in [-0.15, -0.1) is 0 Å². The van der Waals surface area contributed by atoms with Crippen LogP contribution in [0.5, 0.6) is 0 Å². The van der Waals surface area contributed by atoms with Gasteiger partial charge in [-0.3, -0.25) is 0 Å². The third-order valence-electron chi connectivity index (χ3n) is 0. The minimum Gasteiger partial charge on any atom is 0 e. The van der Waals surface area contributed by atoms with Crippen molar-refractivity contribution in [3.05, 3.63) is 0 Å². The molecule has 0 saturated carbocycles. The van der Waals surface area contributed by atoms with E-state index in [0.717, 1.165) is 0 Å². The molecule has 7 heavy (non-hydrogen) atoms. The van der Waals surface area contributed by atoms with E-state index in [1.165, 1.54) is 0 Å². The first-order valence-corrected chi connectivity index (χ1v) is 0. The standard InChI is InChI=1S/4H2O.2Pb.Ti.4H/h4*1H2;;;;;;;. The van der Waals surface area contributed by atoms with Gasteiger partial charge in [0.1, 0.15) is 0 Å². The summed E-state index contributed by atoms with van der Waals surface area (Å²) in [6, 6.07) is 0. The molecule has 0 bridgehead atoms. The second kappa shape index (κ2) is 79.9. The first-order chi connectivity index (χ1) is 0. The van der Waals surface area contributed by atoms with Gasteiger partial charge < -0.3 is 21.9 Å². The predicted octanol–water partition coefficient (Wildman–Crippen LogP) is -5.13. The Hall–Kier alpha value is 2.40. The van der Waals surface area contributed by atoms with Gasteiger partial charge in [-0.2, -0.15) is 0 Å². The molecule has 0 amide bonds. The maximum Gasteiger partial charge on any atom is 0 e. The molecular formula is H12O4Pb2Ti. The van der Waals surface area contributed by atoms with Gasteiger partial charge in [0.05, 0.1) is 0 Å². The first-order valence-electron chi connectivity index (χ1n) is 0. The summed E-state index contributed by atoms with van der Waals surface area (Å²) in [6.45, 7) is 0. The Labute approximate surface area is 96.9 Å². The molecule has 48 valence electrons. The molecular weight excluding hydrogens is 526 g/mol. The number of hydrogen-bond donors (Lipinski definition) is 0. The van der Waals surface area contributed by atoms with Crippen molar-refractivity contribution in [3.63, 3.8) is 0 Å². The Morgan fingerprint density at radius 2 is 0.429 bits per heavy atom. The molecule has 0 saturated heterocycles. The minimum absolute atomic E-state index is 0. The summed E-state index contributed by atoms with van der Waals surface area (Å²) in [5, 5.41) is 0. The van der Waals surface area contributed by atoms with E-state index in [1.54, 1.807) is 0 Å². The molecule has 0 unspecified atom stereocenters. The second-order valence-electron chi connectivity index (χ2n) is 0. The Balaban J connectivity index is 0. The van der Waals surface area contributed by atoms with Gasteiger partial charge in [0.15, 0.2) is 0 Å². The zero-order chi connectivity index (χ0) is 0. The molecule has 0 aliphatic rings. The second-order valence-corrected chi connectivity index (χ2v) is 0. The summed E-state index contributed by atoms with van der Waals surface area (Å²) < 4.78 is 0. The normalized spacial score (nSPS) is 0. The summed E-state index contributed by atoms with van der Waals surface area (Å²) in [7, 11) is 0. The van der Waals surface area contributed by atoms with Crippen LogP contribution in [0.2, 0.25) is 0 Å². The summed E-state index contributed by atoms with van der Waals surface area (Å²) in [5.74, 6) is 0. The van der Waals surface area contributed by atoms with Crippen LogP contribution in [0.4, 0.5) is 0 Å². The van der Waals surface area contributed by atoms with Crippen molar-refractivity contribution in [2.24, 2.45) is 0 Å². The van der Waals surface area contributed by atoms with Gasteiger partial charge in [0.2, 0.25) is 0 Å². The van der Waals surface area contributed by atoms with Crippen LogP contribution in [0.3, 0.4) is 0 Å². The van der Waals surface area contributed by atoms with Crippen LogP contribution in [0.25, 0.3) is 0 Å². The van der Waals surface area contributed by atoms with Crippen LogP contribution >= 0.6 is 0 Å². The quantitative estimate of drug-likeness (QED) is 0.274. The van der Waals surface area contributed by atoms with Crippen molar-refractivity contribution in [1.29, 1.82) is 0 Å². The number of hydrogen-bond acceptors (Lipinski definition) is 0. The Morgan fingerprint density at radius 1 is 0.429 bits per heavy atom. The average molecular weight is 538 g/mol. The zero-order valence-electron chi connectivity index (χ0n) is 3.91. The molecule has 7 heteroatoms. The largest absolute Gasteiger partial charge is 0 e. The van der Waals surface area contributed by atoms with Crippen molar-refractivity contribution in [3.8, 4) is 0 Å². The molecule has 0 rings (SSSR count). The van der Waals surface area contributed by atoms with E-state index in [0.29, 0.717) is 0 Å². The molecule has 8 N–H and O–H groups in total. The Kier molecular flexibility index (Phi) is 1320. The molecule has 4 nitrogen and oxygen atoms in total. The van der Waals surface area contributed by atoms with E-state index >= 15 is 0 Å². The molecule has 0 heterocycles. The molecule has 0 aliphatic heterocycles. The SMILES string of the molecule is O.O.O.O.[PbH2].[PbH2].[Ti]. The van der Waals surface area contributed by atoms with E-state index in [9.17, 15) is 0 Å². The van der Waals surface area contributed by atoms with Crippen LogP contribution in [0.15, 0.2) is 0 Å². The van der Waals surface area contributed by atoms with E-state index in [2.05, 4.69) is 0 Å². The van der Waals surface area contributed by atoms with Gasteiger partial charge in [-0.1, -0.05) is 0 Å². The molecule has 0 spiro atoms. The van der Waals surface area contributed by atoms with Crippen LogP contribution < -0.4 is 0 Å². The van der Waals surface area contributed by atoms with Crippen LogP contribution in [-0.2, 0) is 21.7 Å². The zero-order valence-corrected chi connectivity index (χ0v) is 16.5. The van der Waals surface area contributed by atoms with Crippen molar-refractivity contribution >= 4 is 54.6 Å². The van der Waals surface area contributed by atoms with Crippen molar-refractivity contribution in [2.75, 3.05) is 0 Å². The summed E-state index contributed by atoms with van der Waals surface area (Å²) in [5.41, 5.74) is 0. The summed E-state index contributed by atoms with van der Waals surface area (Å²) in [6.07, 6.45) is 0. The average Bonchev–Trinajstić information content (AvgIpc) is 0. The smallest absolute Gasteiger partial charge is 0 e. The van der Waals surface area contributed by atoms with Gasteiger partial charge in [0, 0.05) is 21.7 Å². The van der Waals surface area contributed by atoms with Crippen molar-refractivity contribution < 1.29 is 43.6 Å². The Bertz CT molecular complexity index is 9.65. The fourth-order valence-electron chi connectivity index (χ4n) is 0. The summed E-state index contributed by atoms with van der Waals surface area (Å²) >= 11 is 0. The monoisotopic (exact) mass is 540 g/mol. The van der Waals surface area contributed by atoms with Gasteiger partial charge in [0.25, 0.3) is 0 Å². The van der Waals surface area contributed by atoms with Gasteiger partial charge >= 0.3 is 54.6 Å². The van der Waals surface area contributed by atoms with Crippen molar-refractivity contribution in [1.82, 2.24) is 0 Å². The molecule has 4 radical (unpaired) electrons. The van der Waals surface area contributed by atoms with E-state index in [4.69, 9.17) is 0 Å². The molecule has 0 aromatic rings. The molecule has 0 atom stereocenters. The molecule has 0 aromatic carbocycles. The van der Waals surface area contributed by atoms with Crippen molar-refractivity contribution in [2.45, 2.75) is 0 Å². The number of rotatable bonds is 0. The first kappa shape index (κ1) is 115. The third kappa shape index (κ3) is 59.8. The molecule has 0 aromatic heterocycles. The van der Waals surface area contributed by atoms with Crippen LogP contribution in [-0.4, -0.2) is 76.5 Å². The maximum atomic E-state index is 0. The van der Waals surface area contributed by atoms with Crippen LogP contribution in [0, 0.1) is 0 Å². The topological polar surface area (TPSA) is 126 Å². The fourth-order valence-corrected chi connectivity index (χ4v) is 0. The van der Waals surface area contributed by atoms with Gasteiger partial charge in [-0.25, -0.2) is 0 Å². The minimum atomic E-state index is 0. The Morgan fingerprint density at radius 3 is 0.429 bits per heavy atom. The fraction of sp³-hybridized carbons (Fsp3) is 0. The van der Waals surface area contributed by atoms with E-state index in [1.807, 2.05) is 0 Å². The van der Waals surface area contributed by atoms with Crippen LogP contribution in [0.1, 0.15) is 0 Å². The van der Waals surface area contributed by atoms with Gasteiger partial charge in [-0.05, 0) is 0 Å². The maximum absolute atomic E-state index is 0. The third-order valence-corrected chi connectivity index (χ3v) is 0. The van der Waals surface area contributed by atoms with E-state index < -0.39 is 0 Å². The molecule has 0 fully saturated rings. The predicted molar refractivity (Wildman–Crippen MR) is 31.5 cm³/mol.